The van der Waals surface area contributed by atoms with E-state index < -0.39 is 52.8 Å². The van der Waals surface area contributed by atoms with Gasteiger partial charge in [-0.1, -0.05) is 43.3 Å². The smallest absolute Gasteiger partial charge is 0.276 e. The van der Waals surface area contributed by atoms with Crippen LogP contribution < -0.4 is 16.0 Å². The van der Waals surface area contributed by atoms with E-state index >= 15 is 0 Å². The van der Waals surface area contributed by atoms with E-state index in [-0.39, 0.29) is 80.0 Å². The van der Waals surface area contributed by atoms with E-state index in [2.05, 4.69) is 31.2 Å². The number of carbonyl (C=O) groups excluding carboxylic acids is 6. The Balaban J connectivity index is 0.656. The summed E-state index contributed by atoms with van der Waals surface area (Å²) in [5.41, 5.74) is 2.40. The zero-order chi connectivity index (χ0) is 45.5. The van der Waals surface area contributed by atoms with Gasteiger partial charge in [0.2, 0.25) is 17.7 Å². The zero-order valence-corrected chi connectivity index (χ0v) is 35.6. The van der Waals surface area contributed by atoms with Crippen molar-refractivity contribution in [3.8, 4) is 0 Å². The fraction of sp³-hybridized carbons (Fsp3) is 0.467. The third-order valence-electron chi connectivity index (χ3n) is 13.2. The molecule has 0 radical (unpaired) electrons. The molecule has 2 saturated heterocycles. The molecule has 0 bridgehead atoms. The number of aromatic nitrogens is 4. The van der Waals surface area contributed by atoms with Gasteiger partial charge in [0.25, 0.3) is 23.6 Å². The van der Waals surface area contributed by atoms with Crippen LogP contribution in [0.25, 0.3) is 0 Å². The number of H-pyrrole nitrogens is 1. The molecule has 2 aromatic heterocycles. The number of hydrogen-bond donors (Lipinski definition) is 4. The molecular weight excluding hydrogens is 849 g/mol. The highest BCUT2D eigenvalue weighted by Gasteiger charge is 2.78. The molecule has 2 aromatic carbocycles. The Morgan fingerprint density at radius 3 is 2.43 bits per heavy atom. The molecule has 1 saturated carbocycles. The van der Waals surface area contributed by atoms with Crippen molar-refractivity contribution >= 4 is 46.8 Å². The van der Waals surface area contributed by atoms with Crippen LogP contribution >= 0.6 is 0 Å². The van der Waals surface area contributed by atoms with Crippen molar-refractivity contribution in [1.29, 1.82) is 0 Å². The van der Waals surface area contributed by atoms with Crippen molar-refractivity contribution in [2.45, 2.75) is 57.0 Å². The third-order valence-corrected chi connectivity index (χ3v) is 13.2. The quantitative estimate of drug-likeness (QED) is 0.0788. The van der Waals surface area contributed by atoms with Crippen molar-refractivity contribution in [3.05, 3.63) is 94.6 Å². The number of piperidine rings is 1. The highest BCUT2D eigenvalue weighted by molar-refractivity contribution is 6.25. The van der Waals surface area contributed by atoms with E-state index in [1.54, 1.807) is 41.0 Å². The first kappa shape index (κ1) is 43.9. The molecule has 2 aliphatic carbocycles. The van der Waals surface area contributed by atoms with Gasteiger partial charge in [0.15, 0.2) is 5.69 Å². The summed E-state index contributed by atoms with van der Waals surface area (Å²) >= 11 is 0. The second-order valence-electron chi connectivity index (χ2n) is 17.3. The van der Waals surface area contributed by atoms with Gasteiger partial charge in [-0.3, -0.25) is 48.8 Å². The van der Waals surface area contributed by atoms with Gasteiger partial charge in [0, 0.05) is 72.9 Å². The molecule has 3 aliphatic heterocycles. The molecule has 3 fully saturated rings. The molecule has 1 unspecified atom stereocenters. The van der Waals surface area contributed by atoms with Crippen LogP contribution in [-0.4, -0.2) is 136 Å². The minimum Gasteiger partial charge on any atom is -0.382 e. The Hall–Kier alpha value is -6.38. The van der Waals surface area contributed by atoms with Crippen LogP contribution in [0.2, 0.25) is 0 Å². The first-order valence-electron chi connectivity index (χ1n) is 21.8. The topological polar surface area (TPSA) is 219 Å². The van der Waals surface area contributed by atoms with Crippen LogP contribution in [0.15, 0.2) is 60.9 Å². The largest absolute Gasteiger partial charge is 0.382 e. The Morgan fingerprint density at radius 2 is 1.68 bits per heavy atom. The van der Waals surface area contributed by atoms with E-state index in [4.69, 9.17) is 14.2 Å². The van der Waals surface area contributed by atoms with Crippen LogP contribution in [-0.2, 0) is 41.4 Å². The molecule has 9 rings (SSSR count). The molecule has 5 aliphatic rings. The maximum Gasteiger partial charge on any atom is 0.276 e. The number of hydrogen-bond acceptors (Lipinski definition) is 12. The van der Waals surface area contributed by atoms with Crippen molar-refractivity contribution < 1.29 is 51.8 Å². The molecule has 4 N–H and O–H groups in total. The molecule has 20 heteroatoms. The van der Waals surface area contributed by atoms with Crippen LogP contribution in [0.5, 0.6) is 0 Å². The lowest BCUT2D eigenvalue weighted by Crippen LogP contribution is -2.54. The average molecular weight is 898 g/mol. The van der Waals surface area contributed by atoms with Crippen molar-refractivity contribution in [2.75, 3.05) is 69.9 Å². The van der Waals surface area contributed by atoms with Crippen LogP contribution in [0.1, 0.15) is 80.3 Å². The number of imide groups is 2. The number of aromatic amines is 1. The number of ether oxygens (including phenoxy) is 3. The minimum atomic E-state index is -2.76. The number of nitrogens with one attached hydrogen (secondary N) is 4. The molecule has 18 nitrogen and oxygen atoms in total. The number of likely N-dealkylation sites (tertiary alicyclic amines) is 1. The number of fused-ring (bicyclic) bond motifs is 3. The standard InChI is InChI=1S/C45H49F2N9O9/c1-44-21-32-30(20-34(44)45(44,46)47)38(53-52-32)41(60)50-28-22-49-55(25-28)39(26-6-3-2-4-7-26)27-23-54(24-27)36(58)12-14-63-16-18-65-19-17-64-15-13-48-31-9-5-8-29-37(31)43(62)56(42(29)61)33-10-11-35(57)51-40(33)59/h2-9,22,25,27,33-34,39,48H,10-21,23-24H2,1H3,(H,50,60)(H,52,53)(H,51,57,59)/t33?,34-,39+,44+/m0/s1. The molecule has 0 spiro atoms. The number of alkyl halides is 2. The van der Waals surface area contributed by atoms with Gasteiger partial charge in [-0.25, -0.2) is 8.78 Å². The number of halogens is 2. The monoisotopic (exact) mass is 897 g/mol. The molecule has 5 heterocycles. The predicted octanol–water partition coefficient (Wildman–Crippen LogP) is 3.23. The molecule has 4 atom stereocenters. The first-order valence-corrected chi connectivity index (χ1v) is 21.8. The second-order valence-corrected chi connectivity index (χ2v) is 17.3. The van der Waals surface area contributed by atoms with Crippen LogP contribution in [0.4, 0.5) is 20.2 Å². The molecule has 65 heavy (non-hydrogen) atoms. The van der Waals surface area contributed by atoms with E-state index in [0.717, 1.165) is 10.5 Å². The fourth-order valence-electron chi connectivity index (χ4n) is 9.53. The minimum absolute atomic E-state index is 0.0286. The lowest BCUT2D eigenvalue weighted by atomic mass is 9.86. The average Bonchev–Trinajstić information content (AvgIpc) is 3.79. The Morgan fingerprint density at radius 1 is 0.938 bits per heavy atom. The summed E-state index contributed by atoms with van der Waals surface area (Å²) < 4.78 is 47.6. The summed E-state index contributed by atoms with van der Waals surface area (Å²) in [6.07, 6.45) is 3.86. The summed E-state index contributed by atoms with van der Waals surface area (Å²) in [5.74, 6) is -6.29. The highest BCUT2D eigenvalue weighted by atomic mass is 19.3. The van der Waals surface area contributed by atoms with Gasteiger partial charge in [-0.05, 0) is 30.5 Å². The lowest BCUT2D eigenvalue weighted by Gasteiger charge is -2.43. The van der Waals surface area contributed by atoms with E-state index in [9.17, 15) is 37.5 Å². The molecule has 4 aromatic rings. The highest BCUT2D eigenvalue weighted by Crippen LogP contribution is 2.70. The number of amides is 6. The van der Waals surface area contributed by atoms with Gasteiger partial charge in [0.1, 0.15) is 6.04 Å². The summed E-state index contributed by atoms with van der Waals surface area (Å²) in [6, 6.07) is 13.4. The summed E-state index contributed by atoms with van der Waals surface area (Å²) in [4.78, 5) is 79.3. The SMILES string of the molecule is C[C@@]12Cc3[nH]nc(C(=O)Nc4cnn([C@H](c5ccccc5)C5CN(C(=O)CCOCCOCCOCCNc6cccc7c6C(=O)N(C6CCC(=O)NC6=O)C7=O)C5)c4)c3C[C@@H]1C2(F)F. The Labute approximate surface area is 371 Å². The van der Waals surface area contributed by atoms with Gasteiger partial charge < -0.3 is 29.7 Å². The van der Waals surface area contributed by atoms with Gasteiger partial charge in [0.05, 0.1) is 75.1 Å². The van der Waals surface area contributed by atoms with Crippen LogP contribution in [0.3, 0.4) is 0 Å². The van der Waals surface area contributed by atoms with Crippen molar-refractivity contribution in [3.63, 3.8) is 0 Å². The predicted molar refractivity (Wildman–Crippen MR) is 226 cm³/mol. The molecule has 342 valence electrons. The third kappa shape index (κ3) is 8.41. The van der Waals surface area contributed by atoms with Gasteiger partial charge in [-0.15, -0.1) is 0 Å². The molecule has 6 amide bonds. The number of carbonyl (C=O) groups is 6. The van der Waals surface area contributed by atoms with Crippen molar-refractivity contribution in [1.82, 2.24) is 35.1 Å². The number of nitrogens with zero attached hydrogens (tertiary/aromatic N) is 5. The zero-order valence-electron chi connectivity index (χ0n) is 35.6. The number of benzene rings is 2. The summed E-state index contributed by atoms with van der Waals surface area (Å²) in [6.45, 7) is 4.70. The van der Waals surface area contributed by atoms with E-state index in [1.807, 2.05) is 30.3 Å². The normalized spacial score (nSPS) is 22.4. The summed E-state index contributed by atoms with van der Waals surface area (Å²) in [7, 11) is 0. The summed E-state index contributed by atoms with van der Waals surface area (Å²) in [5, 5.41) is 19.7. The van der Waals surface area contributed by atoms with E-state index in [1.165, 1.54) is 6.07 Å². The van der Waals surface area contributed by atoms with Crippen LogP contribution in [0, 0.1) is 17.3 Å². The van der Waals surface area contributed by atoms with Gasteiger partial charge in [-0.2, -0.15) is 10.2 Å². The number of rotatable bonds is 19. The van der Waals surface area contributed by atoms with Crippen molar-refractivity contribution in [2.24, 2.45) is 17.3 Å². The second kappa shape index (κ2) is 17.9. The molecular formula is C45H49F2N9O9. The first-order chi connectivity index (χ1) is 31.4. The Bertz CT molecular complexity index is 2510. The maximum atomic E-state index is 14.5. The number of anilines is 2. The maximum absolute atomic E-state index is 14.5. The lowest BCUT2D eigenvalue weighted by molar-refractivity contribution is -0.140. The fourth-order valence-corrected chi connectivity index (χ4v) is 9.53. The van der Waals surface area contributed by atoms with Gasteiger partial charge >= 0.3 is 0 Å². The Kier molecular flexibility index (Phi) is 12.1. The van der Waals surface area contributed by atoms with E-state index in [0.29, 0.717) is 68.7 Å².